The molecule has 0 amide bonds. The Morgan fingerprint density at radius 3 is 2.10 bits per heavy atom. The van der Waals surface area contributed by atoms with Crippen LogP contribution in [0.1, 0.15) is 27.9 Å². The van der Waals surface area contributed by atoms with Crippen LogP contribution in [0, 0.1) is 5.82 Å². The van der Waals surface area contributed by atoms with Gasteiger partial charge in [-0.05, 0) is 47.5 Å². The van der Waals surface area contributed by atoms with Crippen LogP contribution in [-0.2, 0) is 24.3 Å². The number of rotatable bonds is 8. The van der Waals surface area contributed by atoms with E-state index in [2.05, 4.69) is 15.6 Å². The van der Waals surface area contributed by atoms with E-state index in [0.29, 0.717) is 11.6 Å². The van der Waals surface area contributed by atoms with Crippen LogP contribution in [0.4, 0.5) is 42.1 Å². The number of alkyl halides is 6. The zero-order valence-electron chi connectivity index (χ0n) is 20.6. The maximum absolute atomic E-state index is 14.5. The lowest BCUT2D eigenvalue weighted by Crippen LogP contribution is -2.53. The van der Waals surface area contributed by atoms with E-state index in [9.17, 15) is 35.8 Å². The molecule has 12 heteroatoms. The molecule has 0 fully saturated rings. The summed E-state index contributed by atoms with van der Waals surface area (Å²) in [5.41, 5.74) is 1.47. The van der Waals surface area contributed by atoms with Gasteiger partial charge in [-0.2, -0.15) is 26.3 Å². The van der Waals surface area contributed by atoms with Gasteiger partial charge in [0.05, 0.1) is 39.9 Å². The zero-order chi connectivity index (χ0) is 29.1. The third-order valence-corrected chi connectivity index (χ3v) is 6.20. The normalized spacial score (nSPS) is 14.4. The first-order valence-corrected chi connectivity index (χ1v) is 11.8. The number of nitrogen functional groups attached to an aromatic ring is 1. The number of nitrogens with zero attached hydrogens (tertiary/aromatic N) is 1. The van der Waals surface area contributed by atoms with Gasteiger partial charge in [-0.1, -0.05) is 48.5 Å². The topological polar surface area (TPSA) is 83.2 Å². The molecule has 0 saturated carbocycles. The van der Waals surface area contributed by atoms with Crippen LogP contribution >= 0.6 is 0 Å². The lowest BCUT2D eigenvalue weighted by atomic mass is 9.80. The molecule has 0 saturated heterocycles. The molecule has 1 heterocycles. The second kappa shape index (κ2) is 11.1. The Kier molecular flexibility index (Phi) is 8.03. The Bertz CT molecular complexity index is 1440. The predicted octanol–water partition coefficient (Wildman–Crippen LogP) is 6.30. The molecule has 0 radical (unpaired) electrons. The van der Waals surface area contributed by atoms with Crippen LogP contribution in [0.3, 0.4) is 0 Å². The fourth-order valence-electron chi connectivity index (χ4n) is 4.38. The third kappa shape index (κ3) is 6.35. The highest BCUT2D eigenvalue weighted by atomic mass is 19.4. The largest absolute Gasteiger partial charge is 0.418 e. The summed E-state index contributed by atoms with van der Waals surface area (Å²) in [5.74, 6) is -1.30. The van der Waals surface area contributed by atoms with Gasteiger partial charge >= 0.3 is 12.4 Å². The summed E-state index contributed by atoms with van der Waals surface area (Å²) in [4.78, 5) is 4.29. The van der Waals surface area contributed by atoms with Crippen LogP contribution in [0.5, 0.6) is 0 Å². The summed E-state index contributed by atoms with van der Waals surface area (Å²) >= 11 is 0. The summed E-state index contributed by atoms with van der Waals surface area (Å²) in [7, 11) is 0. The molecule has 2 atom stereocenters. The summed E-state index contributed by atoms with van der Waals surface area (Å²) in [6, 6.07) is 17.8. The molecule has 0 aliphatic carbocycles. The highest BCUT2D eigenvalue weighted by Gasteiger charge is 2.41. The Hall–Kier alpha value is -4.16. The Balaban J connectivity index is 1.89. The number of hydrogen-bond acceptors (Lipinski definition) is 5. The fourth-order valence-corrected chi connectivity index (χ4v) is 4.38. The Morgan fingerprint density at radius 1 is 0.800 bits per heavy atom. The Morgan fingerprint density at radius 2 is 1.48 bits per heavy atom. The second-order valence-electron chi connectivity index (χ2n) is 8.97. The minimum absolute atomic E-state index is 0.0196. The first kappa shape index (κ1) is 28.8. The van der Waals surface area contributed by atoms with Gasteiger partial charge in [0.25, 0.3) is 0 Å². The first-order valence-electron chi connectivity index (χ1n) is 11.8. The minimum atomic E-state index is -4.97. The highest BCUT2D eigenvalue weighted by molar-refractivity contribution is 5.54. The van der Waals surface area contributed by atoms with Crippen molar-refractivity contribution in [2.75, 3.05) is 11.1 Å². The molecule has 3 aromatic carbocycles. The monoisotopic (exact) mass is 564 g/mol. The SMILES string of the molecule is Nc1ccc(C(Cc2ccccc2)(NC(O)Nc2c(F)cccc2C(F)(F)F)c2cccc(C(F)(F)F)c2)nc1. The van der Waals surface area contributed by atoms with E-state index >= 15 is 0 Å². The summed E-state index contributed by atoms with van der Waals surface area (Å²) < 4.78 is 96.5. The van der Waals surface area contributed by atoms with Crippen molar-refractivity contribution in [2.24, 2.45) is 0 Å². The van der Waals surface area contributed by atoms with Crippen molar-refractivity contribution in [1.29, 1.82) is 0 Å². The summed E-state index contributed by atoms with van der Waals surface area (Å²) in [6.45, 7) is 0. The van der Waals surface area contributed by atoms with E-state index in [1.807, 2.05) is 0 Å². The standard InChI is InChI=1S/C28H23F7N4O/c29-22-11-5-10-21(28(33,34)35)24(22)38-25(40)39-26(15-17-6-2-1-3-7-17,23-13-12-20(36)16-37-23)18-8-4-9-19(14-18)27(30,31)32/h1-14,16,25,38-40H,15,36H2. The van der Waals surface area contributed by atoms with Gasteiger partial charge in [-0.25, -0.2) is 4.39 Å². The van der Waals surface area contributed by atoms with E-state index in [1.165, 1.54) is 24.4 Å². The lowest BCUT2D eigenvalue weighted by Gasteiger charge is -2.38. The number of aliphatic hydroxyl groups excluding tert-OH is 1. The second-order valence-corrected chi connectivity index (χ2v) is 8.97. The number of nitrogens with one attached hydrogen (secondary N) is 2. The van der Waals surface area contributed by atoms with E-state index in [1.54, 1.807) is 30.3 Å². The van der Waals surface area contributed by atoms with Crippen LogP contribution < -0.4 is 16.4 Å². The maximum Gasteiger partial charge on any atom is 0.418 e. The van der Waals surface area contributed by atoms with Gasteiger partial charge in [0.1, 0.15) is 5.82 Å². The molecule has 0 bridgehead atoms. The van der Waals surface area contributed by atoms with Crippen molar-refractivity contribution >= 4 is 11.4 Å². The number of benzene rings is 3. The number of aromatic nitrogens is 1. The smallest absolute Gasteiger partial charge is 0.397 e. The van der Waals surface area contributed by atoms with Crippen molar-refractivity contribution < 1.29 is 35.8 Å². The van der Waals surface area contributed by atoms with Crippen LogP contribution in [0.2, 0.25) is 0 Å². The van der Waals surface area contributed by atoms with Gasteiger partial charge in [0.15, 0.2) is 6.35 Å². The van der Waals surface area contributed by atoms with Gasteiger partial charge in [0.2, 0.25) is 0 Å². The predicted molar refractivity (Wildman–Crippen MR) is 135 cm³/mol. The van der Waals surface area contributed by atoms with Crippen LogP contribution in [0.15, 0.2) is 91.1 Å². The molecule has 4 aromatic rings. The molecule has 2 unspecified atom stereocenters. The number of nitrogens with two attached hydrogens (primary N) is 1. The molecule has 40 heavy (non-hydrogen) atoms. The van der Waals surface area contributed by atoms with Crippen molar-refractivity contribution in [1.82, 2.24) is 10.3 Å². The summed E-state index contributed by atoms with van der Waals surface area (Å²) in [5, 5.41) is 15.8. The Labute approximate surface area is 224 Å². The molecular weight excluding hydrogens is 541 g/mol. The van der Waals surface area contributed by atoms with Gasteiger partial charge < -0.3 is 16.2 Å². The minimum Gasteiger partial charge on any atom is -0.397 e. The number of halogens is 7. The van der Waals surface area contributed by atoms with Gasteiger partial charge in [-0.3, -0.25) is 10.3 Å². The van der Waals surface area contributed by atoms with Crippen molar-refractivity contribution in [3.8, 4) is 0 Å². The van der Waals surface area contributed by atoms with Gasteiger partial charge in [0, 0.05) is 6.42 Å². The van der Waals surface area contributed by atoms with E-state index in [0.717, 1.165) is 30.3 Å². The maximum atomic E-state index is 14.5. The van der Waals surface area contributed by atoms with Crippen molar-refractivity contribution in [2.45, 2.75) is 30.7 Å². The van der Waals surface area contributed by atoms with Crippen molar-refractivity contribution in [3.63, 3.8) is 0 Å². The first-order chi connectivity index (χ1) is 18.8. The molecular formula is C28H23F7N4O. The highest BCUT2D eigenvalue weighted by Crippen LogP contribution is 2.39. The van der Waals surface area contributed by atoms with Crippen LogP contribution in [0.25, 0.3) is 0 Å². The number of aliphatic hydroxyl groups is 1. The molecule has 5 nitrogen and oxygen atoms in total. The van der Waals surface area contributed by atoms with E-state index in [-0.39, 0.29) is 23.4 Å². The molecule has 0 aliphatic heterocycles. The number of para-hydroxylation sites is 1. The molecule has 0 aliphatic rings. The number of hydrogen-bond donors (Lipinski definition) is 4. The fraction of sp³-hybridized carbons (Fsp3) is 0.179. The van der Waals surface area contributed by atoms with Gasteiger partial charge in [-0.15, -0.1) is 0 Å². The number of pyridine rings is 1. The van der Waals surface area contributed by atoms with Crippen molar-refractivity contribution in [3.05, 3.63) is 125 Å². The average Bonchev–Trinajstić information content (AvgIpc) is 2.89. The number of anilines is 2. The molecule has 210 valence electrons. The third-order valence-electron chi connectivity index (χ3n) is 6.20. The average molecular weight is 565 g/mol. The molecule has 4 rings (SSSR count). The molecule has 0 spiro atoms. The van der Waals surface area contributed by atoms with Crippen LogP contribution in [-0.4, -0.2) is 16.4 Å². The zero-order valence-corrected chi connectivity index (χ0v) is 20.6. The quantitative estimate of drug-likeness (QED) is 0.149. The summed E-state index contributed by atoms with van der Waals surface area (Å²) in [6.07, 6.45) is -10.7. The van der Waals surface area contributed by atoms with E-state index < -0.39 is 46.9 Å². The molecule has 5 N–H and O–H groups in total. The molecule has 1 aromatic heterocycles. The lowest BCUT2D eigenvalue weighted by molar-refractivity contribution is -0.138. The van der Waals surface area contributed by atoms with E-state index in [4.69, 9.17) is 5.73 Å².